The monoisotopic (exact) mass is 371 g/mol. The summed E-state index contributed by atoms with van der Waals surface area (Å²) in [6, 6.07) is 1.94. The van der Waals surface area contributed by atoms with Crippen LogP contribution in [0.1, 0.15) is 20.8 Å². The van der Waals surface area contributed by atoms with Crippen molar-refractivity contribution < 1.29 is 4.79 Å². The molecule has 0 aliphatic carbocycles. The highest BCUT2D eigenvalue weighted by Gasteiger charge is 2.18. The van der Waals surface area contributed by atoms with Crippen LogP contribution in [0.5, 0.6) is 0 Å². The molecule has 8 heteroatoms. The molecule has 0 spiro atoms. The fourth-order valence-corrected chi connectivity index (χ4v) is 3.13. The minimum Gasteiger partial charge on any atom is -0.354 e. The highest BCUT2D eigenvalue weighted by Crippen LogP contribution is 2.22. The van der Waals surface area contributed by atoms with E-state index in [2.05, 4.69) is 46.0 Å². The molecule has 0 saturated carbocycles. The number of aromatic nitrogens is 2. The molecule has 1 aliphatic heterocycles. The molecule has 1 unspecified atom stereocenters. The van der Waals surface area contributed by atoms with Crippen LogP contribution in [0.3, 0.4) is 0 Å². The van der Waals surface area contributed by atoms with E-state index in [1.807, 2.05) is 6.92 Å². The fraction of sp³-hybridized carbons (Fsp3) is 0.688. The lowest BCUT2D eigenvalue weighted by Gasteiger charge is -2.33. The molecule has 134 valence electrons. The third kappa shape index (κ3) is 5.79. The number of thioether (sulfide) groups is 1. The normalized spacial score (nSPS) is 17.2. The lowest BCUT2D eigenvalue weighted by atomic mass is 10.1. The number of likely N-dealkylation sites (N-methyl/N-ethyl adjacent to an activating group) is 1. The van der Waals surface area contributed by atoms with Gasteiger partial charge in [0, 0.05) is 38.3 Å². The molecule has 1 amide bonds. The quantitative estimate of drug-likeness (QED) is 0.469. The van der Waals surface area contributed by atoms with Gasteiger partial charge in [-0.3, -0.25) is 4.79 Å². The number of amides is 1. The van der Waals surface area contributed by atoms with E-state index in [0.29, 0.717) is 22.0 Å². The predicted octanol–water partition coefficient (Wildman–Crippen LogP) is 2.13. The van der Waals surface area contributed by atoms with Gasteiger partial charge in [-0.15, -0.1) is 0 Å². The van der Waals surface area contributed by atoms with Gasteiger partial charge >= 0.3 is 0 Å². The van der Waals surface area contributed by atoms with Crippen molar-refractivity contribution >= 4 is 35.1 Å². The number of hydrogen-bond donors (Lipinski definition) is 1. The van der Waals surface area contributed by atoms with E-state index in [-0.39, 0.29) is 11.9 Å². The van der Waals surface area contributed by atoms with E-state index >= 15 is 0 Å². The number of nitrogens with zero attached hydrogens (tertiary/aromatic N) is 4. The second kappa shape index (κ2) is 8.87. The van der Waals surface area contributed by atoms with Gasteiger partial charge in [-0.25, -0.2) is 9.97 Å². The maximum Gasteiger partial charge on any atom is 0.230 e. The lowest BCUT2D eigenvalue weighted by Crippen LogP contribution is -2.44. The Morgan fingerprint density at radius 2 is 1.96 bits per heavy atom. The van der Waals surface area contributed by atoms with Gasteiger partial charge < -0.3 is 15.1 Å². The number of carbonyl (C=O) groups excluding carboxylic acids is 1. The molecule has 1 atom stereocenters. The molecule has 2 heterocycles. The van der Waals surface area contributed by atoms with Gasteiger partial charge in [-0.2, -0.15) is 0 Å². The van der Waals surface area contributed by atoms with Crippen molar-refractivity contribution in [1.29, 1.82) is 0 Å². The summed E-state index contributed by atoms with van der Waals surface area (Å²) in [7, 11) is 2.11. The van der Waals surface area contributed by atoms with Crippen molar-refractivity contribution in [2.45, 2.75) is 32.0 Å². The summed E-state index contributed by atoms with van der Waals surface area (Å²) >= 11 is 7.46. The van der Waals surface area contributed by atoms with Gasteiger partial charge in [0.25, 0.3) is 0 Å². The van der Waals surface area contributed by atoms with Crippen LogP contribution in [-0.2, 0) is 4.79 Å². The maximum absolute atomic E-state index is 12.0. The van der Waals surface area contributed by atoms with Crippen LogP contribution in [0, 0.1) is 5.92 Å². The summed E-state index contributed by atoms with van der Waals surface area (Å²) in [5, 5.41) is 3.94. The Morgan fingerprint density at radius 1 is 1.29 bits per heavy atom. The molecule has 0 bridgehead atoms. The highest BCUT2D eigenvalue weighted by atomic mass is 35.5. The zero-order valence-electron chi connectivity index (χ0n) is 14.8. The first-order chi connectivity index (χ1) is 11.3. The summed E-state index contributed by atoms with van der Waals surface area (Å²) < 4.78 is 0. The SMILES string of the molecule is CC(C)C(C)NC(=O)CSc1nc(Cl)cc(N2CCN(C)CC2)n1. The van der Waals surface area contributed by atoms with E-state index in [1.165, 1.54) is 11.8 Å². The molecule has 0 aromatic carbocycles. The van der Waals surface area contributed by atoms with Gasteiger partial charge in [-0.05, 0) is 19.9 Å². The van der Waals surface area contributed by atoms with Crippen molar-refractivity contribution in [3.63, 3.8) is 0 Å². The molecule has 2 rings (SSSR count). The van der Waals surface area contributed by atoms with Gasteiger partial charge in [0.15, 0.2) is 5.16 Å². The summed E-state index contributed by atoms with van der Waals surface area (Å²) in [4.78, 5) is 25.3. The number of nitrogens with one attached hydrogen (secondary N) is 1. The van der Waals surface area contributed by atoms with Crippen LogP contribution in [0.4, 0.5) is 5.82 Å². The number of piperazine rings is 1. The zero-order valence-corrected chi connectivity index (χ0v) is 16.3. The van der Waals surface area contributed by atoms with Crippen molar-refractivity contribution in [2.24, 2.45) is 5.92 Å². The fourth-order valence-electron chi connectivity index (χ4n) is 2.24. The number of anilines is 1. The van der Waals surface area contributed by atoms with E-state index in [0.717, 1.165) is 32.0 Å². The third-order valence-electron chi connectivity index (χ3n) is 4.21. The first kappa shape index (κ1) is 19.3. The minimum atomic E-state index is -0.00840. The minimum absolute atomic E-state index is 0.00840. The topological polar surface area (TPSA) is 61.4 Å². The van der Waals surface area contributed by atoms with Gasteiger partial charge in [0.1, 0.15) is 11.0 Å². The molecular weight excluding hydrogens is 346 g/mol. The van der Waals surface area contributed by atoms with Crippen molar-refractivity contribution in [1.82, 2.24) is 20.2 Å². The number of carbonyl (C=O) groups is 1. The Bertz CT molecular complexity index is 563. The van der Waals surface area contributed by atoms with Crippen molar-refractivity contribution in [2.75, 3.05) is 43.9 Å². The average molecular weight is 372 g/mol. The molecule has 24 heavy (non-hydrogen) atoms. The second-order valence-electron chi connectivity index (χ2n) is 6.51. The van der Waals surface area contributed by atoms with Gasteiger partial charge in [0.2, 0.25) is 5.91 Å². The van der Waals surface area contributed by atoms with Crippen LogP contribution in [0.2, 0.25) is 5.15 Å². The number of halogens is 1. The molecular formula is C16H26ClN5OS. The van der Waals surface area contributed by atoms with Crippen LogP contribution >= 0.6 is 23.4 Å². The lowest BCUT2D eigenvalue weighted by molar-refractivity contribution is -0.119. The van der Waals surface area contributed by atoms with Gasteiger partial charge in [-0.1, -0.05) is 37.2 Å². The average Bonchev–Trinajstić information content (AvgIpc) is 2.53. The Labute approximate surface area is 153 Å². The van der Waals surface area contributed by atoms with Crippen LogP contribution in [0.15, 0.2) is 11.2 Å². The number of hydrogen-bond acceptors (Lipinski definition) is 6. The summed E-state index contributed by atoms with van der Waals surface area (Å²) in [6.07, 6.45) is 0. The van der Waals surface area contributed by atoms with E-state index in [9.17, 15) is 4.79 Å². The Hall–Kier alpha value is -1.05. The van der Waals surface area contributed by atoms with E-state index < -0.39 is 0 Å². The smallest absolute Gasteiger partial charge is 0.230 e. The van der Waals surface area contributed by atoms with Crippen molar-refractivity contribution in [3.8, 4) is 0 Å². The van der Waals surface area contributed by atoms with Crippen LogP contribution in [0.25, 0.3) is 0 Å². The largest absolute Gasteiger partial charge is 0.354 e. The molecule has 1 aliphatic rings. The second-order valence-corrected chi connectivity index (χ2v) is 7.84. The third-order valence-corrected chi connectivity index (χ3v) is 5.25. The molecule has 0 radical (unpaired) electrons. The molecule has 1 N–H and O–H groups in total. The van der Waals surface area contributed by atoms with Gasteiger partial charge in [0.05, 0.1) is 5.75 Å². The van der Waals surface area contributed by atoms with Crippen LogP contribution in [-0.4, -0.2) is 65.8 Å². The zero-order chi connectivity index (χ0) is 17.7. The standard InChI is InChI=1S/C16H26ClN5OS/c1-11(2)12(3)18-15(23)10-24-16-19-13(17)9-14(20-16)22-7-5-21(4)6-8-22/h9,11-12H,5-8,10H2,1-4H3,(H,18,23). The maximum atomic E-state index is 12.0. The molecule has 1 aromatic heterocycles. The first-order valence-electron chi connectivity index (χ1n) is 8.25. The molecule has 1 fully saturated rings. The molecule has 1 aromatic rings. The van der Waals surface area contributed by atoms with Crippen LogP contribution < -0.4 is 10.2 Å². The van der Waals surface area contributed by atoms with Crippen molar-refractivity contribution in [3.05, 3.63) is 11.2 Å². The van der Waals surface area contributed by atoms with E-state index in [1.54, 1.807) is 6.07 Å². The highest BCUT2D eigenvalue weighted by molar-refractivity contribution is 7.99. The summed E-state index contributed by atoms with van der Waals surface area (Å²) in [6.45, 7) is 10.0. The first-order valence-corrected chi connectivity index (χ1v) is 9.61. The molecule has 1 saturated heterocycles. The number of rotatable bonds is 6. The Balaban J connectivity index is 1.94. The Kier molecular flexibility index (Phi) is 7.13. The van der Waals surface area contributed by atoms with E-state index in [4.69, 9.17) is 11.6 Å². The molecule has 6 nitrogen and oxygen atoms in total. The summed E-state index contributed by atoms with van der Waals surface area (Å²) in [5.41, 5.74) is 0. The Morgan fingerprint density at radius 3 is 2.58 bits per heavy atom. The predicted molar refractivity (Wildman–Crippen MR) is 99.9 cm³/mol. The summed E-state index contributed by atoms with van der Waals surface area (Å²) in [5.74, 6) is 1.53.